The molecule has 0 radical (unpaired) electrons. The van der Waals surface area contributed by atoms with E-state index in [0.29, 0.717) is 0 Å². The summed E-state index contributed by atoms with van der Waals surface area (Å²) in [7, 11) is -3.75. The Morgan fingerprint density at radius 2 is 1.96 bits per heavy atom. The molecule has 24 heavy (non-hydrogen) atoms. The van der Waals surface area contributed by atoms with Gasteiger partial charge in [0.15, 0.2) is 0 Å². The molecule has 2 saturated heterocycles. The highest BCUT2D eigenvalue weighted by Crippen LogP contribution is 2.44. The first-order chi connectivity index (χ1) is 11.2. The second-order valence-electron chi connectivity index (χ2n) is 6.67. The number of amides is 1. The lowest BCUT2D eigenvalue weighted by Gasteiger charge is -2.24. The van der Waals surface area contributed by atoms with Gasteiger partial charge in [-0.05, 0) is 24.6 Å². The van der Waals surface area contributed by atoms with Gasteiger partial charge in [-0.3, -0.25) is 9.59 Å². The van der Waals surface area contributed by atoms with Crippen LogP contribution < -0.4 is 0 Å². The third-order valence-corrected chi connectivity index (χ3v) is 6.88. The number of carbonyl (C=O) groups excluding carboxylic acids is 1. The Morgan fingerprint density at radius 1 is 1.25 bits per heavy atom. The standard InChI is InChI=1S/C16H20N2O5S/c1-11-4-3-5-14(6-11)24(22,23)18-8-13-7-17(12(2)19)9-16(13,10-18)15(20)21/h3-6,13H,7-10H2,1-2H3,(H,20,21)/t13-,16-/m0/s1. The van der Waals surface area contributed by atoms with Gasteiger partial charge in [0.2, 0.25) is 15.9 Å². The Kier molecular flexibility index (Phi) is 3.92. The van der Waals surface area contributed by atoms with E-state index in [9.17, 15) is 23.1 Å². The van der Waals surface area contributed by atoms with Crippen molar-refractivity contribution in [2.24, 2.45) is 11.3 Å². The van der Waals surface area contributed by atoms with Gasteiger partial charge in [0.1, 0.15) is 5.41 Å². The van der Waals surface area contributed by atoms with Gasteiger partial charge in [-0.1, -0.05) is 12.1 Å². The summed E-state index contributed by atoms with van der Waals surface area (Å²) in [4.78, 5) is 25.1. The zero-order chi connectivity index (χ0) is 17.7. The summed E-state index contributed by atoms with van der Waals surface area (Å²) >= 11 is 0. The van der Waals surface area contributed by atoms with Crippen LogP contribution in [0, 0.1) is 18.3 Å². The number of carbonyl (C=O) groups is 2. The van der Waals surface area contributed by atoms with E-state index in [1.165, 1.54) is 22.2 Å². The fraction of sp³-hybridized carbons (Fsp3) is 0.500. The van der Waals surface area contributed by atoms with Crippen LogP contribution >= 0.6 is 0 Å². The number of carboxylic acids is 1. The number of hydrogen-bond donors (Lipinski definition) is 1. The first kappa shape index (κ1) is 16.9. The van der Waals surface area contributed by atoms with Crippen molar-refractivity contribution >= 4 is 21.9 Å². The number of hydrogen-bond acceptors (Lipinski definition) is 4. The molecule has 0 bridgehead atoms. The van der Waals surface area contributed by atoms with Crippen molar-refractivity contribution in [3.05, 3.63) is 29.8 Å². The van der Waals surface area contributed by atoms with Crippen LogP contribution in [0.15, 0.2) is 29.2 Å². The molecule has 7 nitrogen and oxygen atoms in total. The zero-order valence-corrected chi connectivity index (χ0v) is 14.4. The Labute approximate surface area is 140 Å². The van der Waals surface area contributed by atoms with Gasteiger partial charge in [-0.15, -0.1) is 0 Å². The van der Waals surface area contributed by atoms with Crippen molar-refractivity contribution in [2.45, 2.75) is 18.7 Å². The Balaban J connectivity index is 1.92. The van der Waals surface area contributed by atoms with E-state index >= 15 is 0 Å². The van der Waals surface area contributed by atoms with Gasteiger partial charge in [0.05, 0.1) is 4.90 Å². The number of fused-ring (bicyclic) bond motifs is 1. The normalized spacial score (nSPS) is 27.2. The highest BCUT2D eigenvalue weighted by molar-refractivity contribution is 7.89. The Bertz CT molecular complexity index is 806. The molecule has 130 valence electrons. The van der Waals surface area contributed by atoms with E-state index in [2.05, 4.69) is 0 Å². The second-order valence-corrected chi connectivity index (χ2v) is 8.61. The predicted molar refractivity (Wildman–Crippen MR) is 85.8 cm³/mol. The number of carboxylic acid groups (broad SMARTS) is 1. The highest BCUT2D eigenvalue weighted by atomic mass is 32.2. The average molecular weight is 352 g/mol. The van der Waals surface area contributed by atoms with Crippen LogP contribution in [0.1, 0.15) is 12.5 Å². The van der Waals surface area contributed by atoms with Crippen molar-refractivity contribution < 1.29 is 23.1 Å². The molecule has 0 spiro atoms. The number of likely N-dealkylation sites (tertiary alicyclic amines) is 1. The maximum absolute atomic E-state index is 12.9. The van der Waals surface area contributed by atoms with Gasteiger partial charge in [0, 0.05) is 39.0 Å². The van der Waals surface area contributed by atoms with Gasteiger partial charge < -0.3 is 10.0 Å². The molecule has 1 aromatic rings. The van der Waals surface area contributed by atoms with Gasteiger partial charge >= 0.3 is 5.97 Å². The van der Waals surface area contributed by atoms with Crippen molar-refractivity contribution in [3.8, 4) is 0 Å². The fourth-order valence-corrected chi connectivity index (χ4v) is 5.33. The van der Waals surface area contributed by atoms with Crippen LogP contribution in [0.2, 0.25) is 0 Å². The summed E-state index contributed by atoms with van der Waals surface area (Å²) in [5.74, 6) is -1.62. The van der Waals surface area contributed by atoms with Gasteiger partial charge in [0.25, 0.3) is 0 Å². The summed E-state index contributed by atoms with van der Waals surface area (Å²) < 4.78 is 26.9. The van der Waals surface area contributed by atoms with E-state index in [1.807, 2.05) is 0 Å². The summed E-state index contributed by atoms with van der Waals surface area (Å²) in [5, 5.41) is 9.71. The quantitative estimate of drug-likeness (QED) is 0.857. The highest BCUT2D eigenvalue weighted by Gasteiger charge is 2.60. The lowest BCUT2D eigenvalue weighted by atomic mass is 9.81. The molecule has 0 aliphatic carbocycles. The summed E-state index contributed by atoms with van der Waals surface area (Å²) in [5.41, 5.74) is -0.395. The molecule has 2 fully saturated rings. The molecule has 0 unspecified atom stereocenters. The summed E-state index contributed by atoms with van der Waals surface area (Å²) in [6.45, 7) is 3.56. The van der Waals surface area contributed by atoms with Gasteiger partial charge in [-0.25, -0.2) is 8.42 Å². The van der Waals surface area contributed by atoms with Crippen LogP contribution in [0.5, 0.6) is 0 Å². The molecule has 3 rings (SSSR count). The van der Waals surface area contributed by atoms with E-state index in [-0.39, 0.29) is 37.0 Å². The molecule has 2 atom stereocenters. The molecule has 1 amide bonds. The molecule has 2 aliphatic rings. The summed E-state index contributed by atoms with van der Waals surface area (Å²) in [6, 6.07) is 6.58. The molecule has 2 aliphatic heterocycles. The maximum Gasteiger partial charge on any atom is 0.313 e. The lowest BCUT2D eigenvalue weighted by Crippen LogP contribution is -2.42. The number of nitrogens with zero attached hydrogens (tertiary/aromatic N) is 2. The van der Waals surface area contributed by atoms with E-state index < -0.39 is 27.3 Å². The second kappa shape index (κ2) is 5.56. The maximum atomic E-state index is 12.9. The third kappa shape index (κ3) is 2.50. The number of aryl methyl sites for hydroxylation is 1. The molecule has 1 N–H and O–H groups in total. The minimum absolute atomic E-state index is 0.0577. The van der Waals surface area contributed by atoms with Crippen molar-refractivity contribution in [3.63, 3.8) is 0 Å². The molecule has 0 saturated carbocycles. The smallest absolute Gasteiger partial charge is 0.313 e. The first-order valence-electron chi connectivity index (χ1n) is 7.72. The van der Waals surface area contributed by atoms with E-state index in [4.69, 9.17) is 0 Å². The monoisotopic (exact) mass is 352 g/mol. The zero-order valence-electron chi connectivity index (χ0n) is 13.6. The molecular weight excluding hydrogens is 332 g/mol. The molecule has 2 heterocycles. The van der Waals surface area contributed by atoms with Crippen LogP contribution in [0.3, 0.4) is 0 Å². The number of rotatable bonds is 3. The molecule has 1 aromatic carbocycles. The topological polar surface area (TPSA) is 95.0 Å². The minimum Gasteiger partial charge on any atom is -0.481 e. The average Bonchev–Trinajstić information content (AvgIpc) is 3.02. The SMILES string of the molecule is CC(=O)N1C[C@H]2CN(S(=O)(=O)c3cccc(C)c3)C[C@@]2(C(=O)O)C1. The fourth-order valence-electron chi connectivity index (χ4n) is 3.67. The Hall–Kier alpha value is -1.93. The van der Waals surface area contributed by atoms with Crippen LogP contribution in [-0.4, -0.2) is 60.8 Å². The number of aliphatic carboxylic acids is 1. The predicted octanol–water partition coefficient (Wildman–Crippen LogP) is 0.549. The van der Waals surface area contributed by atoms with Crippen molar-refractivity contribution in [1.29, 1.82) is 0 Å². The Morgan fingerprint density at radius 3 is 2.50 bits per heavy atom. The molecule has 8 heteroatoms. The van der Waals surface area contributed by atoms with Crippen LogP contribution in [0.25, 0.3) is 0 Å². The third-order valence-electron chi connectivity index (χ3n) is 5.08. The van der Waals surface area contributed by atoms with E-state index in [0.717, 1.165) is 5.56 Å². The molecular formula is C16H20N2O5S. The first-order valence-corrected chi connectivity index (χ1v) is 9.16. The number of benzene rings is 1. The van der Waals surface area contributed by atoms with Crippen LogP contribution in [0.4, 0.5) is 0 Å². The largest absolute Gasteiger partial charge is 0.481 e. The number of sulfonamides is 1. The molecule has 0 aromatic heterocycles. The van der Waals surface area contributed by atoms with Crippen molar-refractivity contribution in [1.82, 2.24) is 9.21 Å². The van der Waals surface area contributed by atoms with Crippen molar-refractivity contribution in [2.75, 3.05) is 26.2 Å². The minimum atomic E-state index is -3.75. The van der Waals surface area contributed by atoms with Gasteiger partial charge in [-0.2, -0.15) is 4.31 Å². The van der Waals surface area contributed by atoms with E-state index in [1.54, 1.807) is 25.1 Å². The van der Waals surface area contributed by atoms with Crippen LogP contribution in [-0.2, 0) is 19.6 Å². The summed E-state index contributed by atoms with van der Waals surface area (Å²) in [6.07, 6.45) is 0. The lowest BCUT2D eigenvalue weighted by molar-refractivity contribution is -0.148.